The predicted octanol–water partition coefficient (Wildman–Crippen LogP) is 3.25. The summed E-state index contributed by atoms with van der Waals surface area (Å²) in [5.74, 6) is 0. The molecule has 1 aromatic rings. The van der Waals surface area contributed by atoms with Crippen molar-refractivity contribution >= 4 is 11.6 Å². The minimum atomic E-state index is -0.166. The molecule has 1 aromatic carbocycles. The van der Waals surface area contributed by atoms with Crippen molar-refractivity contribution in [2.45, 2.75) is 51.5 Å². The van der Waals surface area contributed by atoms with E-state index in [9.17, 15) is 0 Å². The second-order valence-electron chi connectivity index (χ2n) is 5.04. The molecule has 1 fully saturated rings. The van der Waals surface area contributed by atoms with Gasteiger partial charge in [0.25, 0.3) is 0 Å². The Labute approximate surface area is 116 Å². The zero-order valence-corrected chi connectivity index (χ0v) is 12.6. The van der Waals surface area contributed by atoms with E-state index in [2.05, 4.69) is 26.0 Å². The SMILES string of the molecule is CC.CCc1cc([C@@]2(CN)C[C@@]2(C)N)ccc1Cl. The Balaban J connectivity index is 0.000000771. The van der Waals surface area contributed by atoms with Gasteiger partial charge in [-0.15, -0.1) is 0 Å². The molecule has 0 saturated heterocycles. The molecular formula is C15H25ClN2. The molecule has 0 aliphatic heterocycles. The second-order valence-corrected chi connectivity index (χ2v) is 5.45. The summed E-state index contributed by atoms with van der Waals surface area (Å²) >= 11 is 6.12. The first-order chi connectivity index (χ1) is 8.47. The monoisotopic (exact) mass is 268 g/mol. The normalized spacial score (nSPS) is 29.5. The minimum absolute atomic E-state index is 0.0402. The Morgan fingerprint density at radius 3 is 2.28 bits per heavy atom. The Bertz CT molecular complexity index is 415. The van der Waals surface area contributed by atoms with Crippen molar-refractivity contribution in [1.29, 1.82) is 0 Å². The van der Waals surface area contributed by atoms with Crippen molar-refractivity contribution in [2.75, 3.05) is 6.54 Å². The summed E-state index contributed by atoms with van der Waals surface area (Å²) in [7, 11) is 0. The van der Waals surface area contributed by atoms with E-state index in [-0.39, 0.29) is 11.0 Å². The van der Waals surface area contributed by atoms with Crippen LogP contribution in [-0.2, 0) is 11.8 Å². The molecule has 2 rings (SSSR count). The molecule has 18 heavy (non-hydrogen) atoms. The highest BCUT2D eigenvalue weighted by atomic mass is 35.5. The fraction of sp³-hybridized carbons (Fsp3) is 0.600. The number of benzene rings is 1. The molecule has 3 heteroatoms. The van der Waals surface area contributed by atoms with Gasteiger partial charge in [0, 0.05) is 22.5 Å². The van der Waals surface area contributed by atoms with E-state index < -0.39 is 0 Å². The maximum atomic E-state index is 6.20. The Morgan fingerprint density at radius 1 is 1.33 bits per heavy atom. The quantitative estimate of drug-likeness (QED) is 0.884. The summed E-state index contributed by atoms with van der Waals surface area (Å²) in [4.78, 5) is 0. The van der Waals surface area contributed by atoms with E-state index in [0.29, 0.717) is 6.54 Å². The van der Waals surface area contributed by atoms with Gasteiger partial charge in [-0.25, -0.2) is 0 Å². The second kappa shape index (κ2) is 5.60. The highest BCUT2D eigenvalue weighted by Gasteiger charge is 2.62. The van der Waals surface area contributed by atoms with Crippen molar-refractivity contribution in [3.63, 3.8) is 0 Å². The van der Waals surface area contributed by atoms with Crippen molar-refractivity contribution in [1.82, 2.24) is 0 Å². The van der Waals surface area contributed by atoms with Crippen LogP contribution >= 0.6 is 11.6 Å². The van der Waals surface area contributed by atoms with Gasteiger partial charge < -0.3 is 11.5 Å². The standard InChI is InChI=1S/C13H19ClN2.C2H6/c1-3-9-6-10(4-5-11(9)14)13(8-15)7-12(13,2)16;1-2/h4-6H,3,7-8,15-16H2,1-2H3;1-2H3/t12-,13+;/m1./s1. The molecule has 0 amide bonds. The van der Waals surface area contributed by atoms with Crippen LogP contribution in [0.3, 0.4) is 0 Å². The maximum absolute atomic E-state index is 6.20. The van der Waals surface area contributed by atoms with E-state index >= 15 is 0 Å². The van der Waals surface area contributed by atoms with Crippen LogP contribution in [0.15, 0.2) is 18.2 Å². The summed E-state index contributed by atoms with van der Waals surface area (Å²) in [6, 6.07) is 6.18. The number of hydrogen-bond acceptors (Lipinski definition) is 2. The smallest absolute Gasteiger partial charge is 0.0438 e. The van der Waals surface area contributed by atoms with Crippen molar-refractivity contribution in [3.05, 3.63) is 34.3 Å². The van der Waals surface area contributed by atoms with E-state index in [1.807, 2.05) is 19.9 Å². The van der Waals surface area contributed by atoms with Crippen LogP contribution in [0.2, 0.25) is 5.02 Å². The number of halogens is 1. The van der Waals surface area contributed by atoms with Crippen LogP contribution in [0.1, 0.15) is 45.2 Å². The van der Waals surface area contributed by atoms with Gasteiger partial charge in [-0.3, -0.25) is 0 Å². The molecule has 2 atom stereocenters. The van der Waals surface area contributed by atoms with Crippen molar-refractivity contribution in [2.24, 2.45) is 11.5 Å². The third-order valence-corrected chi connectivity index (χ3v) is 4.33. The molecule has 0 spiro atoms. The topological polar surface area (TPSA) is 52.0 Å². The van der Waals surface area contributed by atoms with Gasteiger partial charge >= 0.3 is 0 Å². The van der Waals surface area contributed by atoms with Gasteiger partial charge in [-0.05, 0) is 37.0 Å². The lowest BCUT2D eigenvalue weighted by molar-refractivity contribution is 0.574. The molecule has 0 heterocycles. The van der Waals surface area contributed by atoms with Crippen LogP contribution in [0.4, 0.5) is 0 Å². The van der Waals surface area contributed by atoms with Gasteiger partial charge in [0.15, 0.2) is 0 Å². The van der Waals surface area contributed by atoms with E-state index in [1.54, 1.807) is 0 Å². The predicted molar refractivity (Wildman–Crippen MR) is 80.1 cm³/mol. The zero-order valence-electron chi connectivity index (χ0n) is 11.9. The first kappa shape index (κ1) is 15.5. The molecule has 4 N–H and O–H groups in total. The summed E-state index contributed by atoms with van der Waals surface area (Å²) in [5.41, 5.74) is 14.3. The summed E-state index contributed by atoms with van der Waals surface area (Å²) in [5, 5.41) is 0.831. The maximum Gasteiger partial charge on any atom is 0.0438 e. The number of aryl methyl sites for hydroxylation is 1. The lowest BCUT2D eigenvalue weighted by Gasteiger charge is -2.20. The molecule has 1 saturated carbocycles. The zero-order chi connectivity index (χ0) is 14.0. The fourth-order valence-electron chi connectivity index (χ4n) is 2.58. The average molecular weight is 269 g/mol. The van der Waals surface area contributed by atoms with Gasteiger partial charge in [0.2, 0.25) is 0 Å². The summed E-state index contributed by atoms with van der Waals surface area (Å²) < 4.78 is 0. The van der Waals surface area contributed by atoms with Crippen LogP contribution in [-0.4, -0.2) is 12.1 Å². The van der Waals surface area contributed by atoms with Gasteiger partial charge in [-0.2, -0.15) is 0 Å². The number of rotatable bonds is 3. The Kier molecular flexibility index (Phi) is 4.82. The lowest BCUT2D eigenvalue weighted by Crippen LogP contribution is -2.35. The van der Waals surface area contributed by atoms with Gasteiger partial charge in [0.1, 0.15) is 0 Å². The largest absolute Gasteiger partial charge is 0.330 e. The number of nitrogens with two attached hydrogens (primary N) is 2. The fourth-order valence-corrected chi connectivity index (χ4v) is 2.83. The third kappa shape index (κ3) is 2.42. The first-order valence-electron chi connectivity index (χ1n) is 6.75. The molecule has 102 valence electrons. The number of hydrogen-bond donors (Lipinski definition) is 2. The van der Waals surface area contributed by atoms with Crippen LogP contribution in [0.5, 0.6) is 0 Å². The molecule has 2 nitrogen and oxygen atoms in total. The summed E-state index contributed by atoms with van der Waals surface area (Å²) in [6.07, 6.45) is 1.90. The van der Waals surface area contributed by atoms with Gasteiger partial charge in [0.05, 0.1) is 0 Å². The summed E-state index contributed by atoms with van der Waals surface area (Å²) in [6.45, 7) is 8.78. The molecule has 1 aliphatic carbocycles. The van der Waals surface area contributed by atoms with E-state index in [4.69, 9.17) is 23.1 Å². The first-order valence-corrected chi connectivity index (χ1v) is 7.12. The van der Waals surface area contributed by atoms with Crippen LogP contribution in [0, 0.1) is 0 Å². The minimum Gasteiger partial charge on any atom is -0.330 e. The van der Waals surface area contributed by atoms with Crippen LogP contribution in [0.25, 0.3) is 0 Å². The van der Waals surface area contributed by atoms with Crippen molar-refractivity contribution in [3.8, 4) is 0 Å². The molecule has 1 aliphatic rings. The third-order valence-electron chi connectivity index (χ3n) is 3.96. The highest BCUT2D eigenvalue weighted by molar-refractivity contribution is 6.31. The van der Waals surface area contributed by atoms with E-state index in [1.165, 1.54) is 11.1 Å². The molecule has 0 aromatic heterocycles. The van der Waals surface area contributed by atoms with Crippen LogP contribution < -0.4 is 11.5 Å². The molecular weight excluding hydrogens is 244 g/mol. The molecule has 0 radical (unpaired) electrons. The average Bonchev–Trinajstić information content (AvgIpc) is 2.96. The molecule has 0 bridgehead atoms. The van der Waals surface area contributed by atoms with Gasteiger partial charge in [-0.1, -0.05) is 44.5 Å². The lowest BCUT2D eigenvalue weighted by atomic mass is 9.90. The Morgan fingerprint density at radius 2 is 1.89 bits per heavy atom. The van der Waals surface area contributed by atoms with Crippen molar-refractivity contribution < 1.29 is 0 Å². The highest BCUT2D eigenvalue weighted by Crippen LogP contribution is 2.55. The Hall–Kier alpha value is -0.570. The molecule has 0 unspecified atom stereocenters. The van der Waals surface area contributed by atoms with E-state index in [0.717, 1.165) is 17.9 Å².